The average Bonchev–Trinajstić information content (AvgIpc) is 2.56. The van der Waals surface area contributed by atoms with Gasteiger partial charge in [0.15, 0.2) is 0 Å². The van der Waals surface area contributed by atoms with E-state index in [0.717, 1.165) is 6.42 Å². The van der Waals surface area contributed by atoms with Gasteiger partial charge in [-0.05, 0) is 23.2 Å². The highest BCUT2D eigenvalue weighted by Gasteiger charge is 2.69. The third-order valence-electron chi connectivity index (χ3n) is 5.50. The van der Waals surface area contributed by atoms with E-state index in [0.29, 0.717) is 6.54 Å². The Kier molecular flexibility index (Phi) is 2.76. The van der Waals surface area contributed by atoms with Gasteiger partial charge in [-0.15, -0.1) is 0 Å². The molecule has 2 atom stereocenters. The first kappa shape index (κ1) is 13.4. The number of hydrogen-bond donors (Lipinski definition) is 1. The van der Waals surface area contributed by atoms with Crippen molar-refractivity contribution in [2.24, 2.45) is 22.7 Å². The number of carbonyl (C=O) groups is 2. The molecule has 1 N–H and O–H groups in total. The van der Waals surface area contributed by atoms with Crippen molar-refractivity contribution in [2.45, 2.75) is 47.1 Å². The van der Waals surface area contributed by atoms with Crippen LogP contribution >= 0.6 is 0 Å². The highest BCUT2D eigenvalue weighted by molar-refractivity contribution is 5.89. The molecule has 1 amide bonds. The lowest BCUT2D eigenvalue weighted by molar-refractivity contribution is -0.150. The summed E-state index contributed by atoms with van der Waals surface area (Å²) >= 11 is 0. The van der Waals surface area contributed by atoms with Gasteiger partial charge in [-0.1, -0.05) is 34.6 Å². The number of amides is 1. The molecule has 1 aliphatic carbocycles. The minimum atomic E-state index is -0.871. The molecule has 2 unspecified atom stereocenters. The predicted molar refractivity (Wildman–Crippen MR) is 68.0 cm³/mol. The van der Waals surface area contributed by atoms with Crippen LogP contribution in [0.2, 0.25) is 0 Å². The lowest BCUT2D eigenvalue weighted by Crippen LogP contribution is -2.44. The van der Waals surface area contributed by atoms with E-state index in [4.69, 9.17) is 0 Å². The average molecular weight is 253 g/mol. The summed E-state index contributed by atoms with van der Waals surface area (Å²) in [5.41, 5.74) is -0.0576. The minimum Gasteiger partial charge on any atom is -0.480 e. The maximum absolute atomic E-state index is 12.6. The van der Waals surface area contributed by atoms with E-state index < -0.39 is 12.0 Å². The normalized spacial score (nSPS) is 33.5. The summed E-state index contributed by atoms with van der Waals surface area (Å²) in [6.45, 7) is 10.8. The molecule has 18 heavy (non-hydrogen) atoms. The zero-order chi connectivity index (χ0) is 13.9. The Balaban J connectivity index is 2.19. The van der Waals surface area contributed by atoms with Gasteiger partial charge < -0.3 is 10.0 Å². The SMILES string of the molecule is CC1CCN(C(=O)C2C(C)(C)C2(C)C)C1C(=O)O. The first-order valence-electron chi connectivity index (χ1n) is 6.65. The van der Waals surface area contributed by atoms with Crippen LogP contribution in [0.5, 0.6) is 0 Å². The van der Waals surface area contributed by atoms with Crippen molar-refractivity contribution >= 4 is 11.9 Å². The van der Waals surface area contributed by atoms with Gasteiger partial charge in [-0.25, -0.2) is 4.79 Å². The van der Waals surface area contributed by atoms with E-state index in [9.17, 15) is 14.7 Å². The smallest absolute Gasteiger partial charge is 0.326 e. The summed E-state index contributed by atoms with van der Waals surface area (Å²) in [5, 5.41) is 9.27. The van der Waals surface area contributed by atoms with Crippen molar-refractivity contribution in [1.29, 1.82) is 0 Å². The number of likely N-dealkylation sites (tertiary alicyclic amines) is 1. The largest absolute Gasteiger partial charge is 0.480 e. The van der Waals surface area contributed by atoms with E-state index in [1.54, 1.807) is 4.90 Å². The molecular formula is C14H23NO3. The van der Waals surface area contributed by atoms with Crippen LogP contribution in [0.1, 0.15) is 41.0 Å². The Morgan fingerprint density at radius 2 is 1.67 bits per heavy atom. The molecular weight excluding hydrogens is 230 g/mol. The van der Waals surface area contributed by atoms with Gasteiger partial charge in [0, 0.05) is 12.5 Å². The number of carbonyl (C=O) groups excluding carboxylic acids is 1. The van der Waals surface area contributed by atoms with Gasteiger partial charge >= 0.3 is 5.97 Å². The Bertz CT molecular complexity index is 386. The number of aliphatic carboxylic acids is 1. The van der Waals surface area contributed by atoms with Crippen LogP contribution in [0, 0.1) is 22.7 Å². The van der Waals surface area contributed by atoms with Crippen LogP contribution in [0.4, 0.5) is 0 Å². The highest BCUT2D eigenvalue weighted by Crippen LogP contribution is 2.69. The molecule has 0 aromatic rings. The highest BCUT2D eigenvalue weighted by atomic mass is 16.4. The summed E-state index contributed by atoms with van der Waals surface area (Å²) < 4.78 is 0. The first-order valence-corrected chi connectivity index (χ1v) is 6.65. The van der Waals surface area contributed by atoms with Crippen molar-refractivity contribution in [3.8, 4) is 0 Å². The van der Waals surface area contributed by atoms with Crippen LogP contribution in [0.25, 0.3) is 0 Å². The molecule has 1 heterocycles. The Morgan fingerprint density at radius 3 is 2.06 bits per heavy atom. The summed E-state index contributed by atoms with van der Waals surface area (Å²) in [4.78, 5) is 25.5. The standard InChI is InChI=1S/C14H23NO3/c1-8-6-7-15(9(8)12(17)18)11(16)10-13(2,3)14(10,4)5/h8-10H,6-7H2,1-5H3,(H,17,18). The number of nitrogens with zero attached hydrogens (tertiary/aromatic N) is 1. The second kappa shape index (κ2) is 3.72. The van der Waals surface area contributed by atoms with Gasteiger partial charge in [0.2, 0.25) is 5.91 Å². The number of carboxylic acid groups (broad SMARTS) is 1. The second-order valence-corrected chi connectivity index (χ2v) is 6.96. The Labute approximate surface area is 108 Å². The lowest BCUT2D eigenvalue weighted by atomic mass is 10.0. The molecule has 0 aromatic heterocycles. The van der Waals surface area contributed by atoms with Gasteiger partial charge in [0.05, 0.1) is 0 Å². The predicted octanol–water partition coefficient (Wildman–Crippen LogP) is 1.99. The summed E-state index contributed by atoms with van der Waals surface area (Å²) in [7, 11) is 0. The molecule has 2 aliphatic rings. The van der Waals surface area contributed by atoms with Crippen molar-refractivity contribution in [3.05, 3.63) is 0 Å². The molecule has 102 valence electrons. The van der Waals surface area contributed by atoms with Crippen LogP contribution in [-0.4, -0.2) is 34.5 Å². The van der Waals surface area contributed by atoms with Gasteiger partial charge in [0.25, 0.3) is 0 Å². The molecule has 1 saturated carbocycles. The van der Waals surface area contributed by atoms with Crippen molar-refractivity contribution < 1.29 is 14.7 Å². The van der Waals surface area contributed by atoms with Crippen LogP contribution < -0.4 is 0 Å². The number of carboxylic acids is 1. The molecule has 1 saturated heterocycles. The molecule has 1 aliphatic heterocycles. The lowest BCUT2D eigenvalue weighted by Gasteiger charge is -2.24. The van der Waals surface area contributed by atoms with Gasteiger partial charge in [0.1, 0.15) is 6.04 Å². The van der Waals surface area contributed by atoms with E-state index in [-0.39, 0.29) is 28.6 Å². The maximum atomic E-state index is 12.6. The molecule has 0 bridgehead atoms. The zero-order valence-corrected chi connectivity index (χ0v) is 11.9. The monoisotopic (exact) mass is 253 g/mol. The van der Waals surface area contributed by atoms with Crippen molar-refractivity contribution in [3.63, 3.8) is 0 Å². The number of hydrogen-bond acceptors (Lipinski definition) is 2. The second-order valence-electron chi connectivity index (χ2n) is 6.96. The molecule has 4 nitrogen and oxygen atoms in total. The number of rotatable bonds is 2. The van der Waals surface area contributed by atoms with Gasteiger partial charge in [-0.2, -0.15) is 0 Å². The molecule has 0 radical (unpaired) electrons. The molecule has 0 spiro atoms. The third kappa shape index (κ3) is 1.57. The Hall–Kier alpha value is -1.06. The third-order valence-corrected chi connectivity index (χ3v) is 5.50. The first-order chi connectivity index (χ1) is 8.12. The Morgan fingerprint density at radius 1 is 1.17 bits per heavy atom. The quantitative estimate of drug-likeness (QED) is 0.818. The molecule has 0 aromatic carbocycles. The maximum Gasteiger partial charge on any atom is 0.326 e. The molecule has 2 fully saturated rings. The van der Waals surface area contributed by atoms with Crippen molar-refractivity contribution in [2.75, 3.05) is 6.54 Å². The fourth-order valence-electron chi connectivity index (χ4n) is 3.55. The van der Waals surface area contributed by atoms with Crippen LogP contribution in [0.3, 0.4) is 0 Å². The molecule has 2 rings (SSSR count). The van der Waals surface area contributed by atoms with Gasteiger partial charge in [-0.3, -0.25) is 4.79 Å². The summed E-state index contributed by atoms with van der Waals surface area (Å²) in [6.07, 6.45) is 0.788. The van der Waals surface area contributed by atoms with E-state index in [1.165, 1.54) is 0 Å². The van der Waals surface area contributed by atoms with E-state index in [2.05, 4.69) is 27.7 Å². The minimum absolute atomic E-state index is 0.0288. The van der Waals surface area contributed by atoms with Crippen LogP contribution in [0.15, 0.2) is 0 Å². The fraction of sp³-hybridized carbons (Fsp3) is 0.857. The topological polar surface area (TPSA) is 57.6 Å². The van der Waals surface area contributed by atoms with E-state index >= 15 is 0 Å². The molecule has 4 heteroatoms. The van der Waals surface area contributed by atoms with Crippen molar-refractivity contribution in [1.82, 2.24) is 4.90 Å². The van der Waals surface area contributed by atoms with Crippen LogP contribution in [-0.2, 0) is 9.59 Å². The zero-order valence-electron chi connectivity index (χ0n) is 11.9. The summed E-state index contributed by atoms with van der Waals surface area (Å²) in [6, 6.07) is -0.635. The van der Waals surface area contributed by atoms with E-state index in [1.807, 2.05) is 6.92 Å². The fourth-order valence-corrected chi connectivity index (χ4v) is 3.55. The summed E-state index contributed by atoms with van der Waals surface area (Å²) in [5.74, 6) is -0.833.